The smallest absolute Gasteiger partial charge is 0.231 e. The summed E-state index contributed by atoms with van der Waals surface area (Å²) in [7, 11) is 3.42. The highest BCUT2D eigenvalue weighted by Gasteiger charge is 2.43. The van der Waals surface area contributed by atoms with E-state index in [-0.39, 0.29) is 29.8 Å². The molecular weight excluding hydrogens is 280 g/mol. The Bertz CT molecular complexity index is 303. The number of ether oxygens (including phenoxy) is 2. The van der Waals surface area contributed by atoms with Gasteiger partial charge in [-0.1, -0.05) is 0 Å². The molecule has 1 N–H and O–H groups in total. The number of carbonyl (C=O) groups is 1. The van der Waals surface area contributed by atoms with Gasteiger partial charge in [0.15, 0.2) is 0 Å². The van der Waals surface area contributed by atoms with Gasteiger partial charge in [0.05, 0.1) is 18.1 Å². The van der Waals surface area contributed by atoms with Crippen LogP contribution in [-0.4, -0.2) is 63.9 Å². The lowest BCUT2D eigenvalue weighted by Gasteiger charge is -2.42. The molecule has 0 radical (unpaired) electrons. The van der Waals surface area contributed by atoms with Crippen molar-refractivity contribution in [2.75, 3.05) is 47.0 Å². The standard InChI is InChI=1S/C14H26N2O3.ClH/c1-18-11-14(5-7-15-8-6-14)13(17)16-9-3-4-12(10-16)19-2;/h12,15H,3-11H2,1-2H3;1H. The van der Waals surface area contributed by atoms with Crippen LogP contribution in [0, 0.1) is 5.41 Å². The van der Waals surface area contributed by atoms with E-state index in [9.17, 15) is 4.79 Å². The Labute approximate surface area is 127 Å². The highest BCUT2D eigenvalue weighted by Crippen LogP contribution is 2.32. The predicted octanol–water partition coefficient (Wildman–Crippen LogP) is 1.06. The monoisotopic (exact) mass is 306 g/mol. The fraction of sp³-hybridized carbons (Fsp3) is 0.929. The summed E-state index contributed by atoms with van der Waals surface area (Å²) >= 11 is 0. The molecule has 2 fully saturated rings. The molecule has 0 saturated carbocycles. The van der Waals surface area contributed by atoms with E-state index in [1.54, 1.807) is 14.2 Å². The number of carbonyl (C=O) groups excluding carboxylic acids is 1. The average molecular weight is 307 g/mol. The highest BCUT2D eigenvalue weighted by atomic mass is 35.5. The number of rotatable bonds is 4. The lowest BCUT2D eigenvalue weighted by molar-refractivity contribution is -0.151. The number of methoxy groups -OCH3 is 2. The number of nitrogens with zero attached hydrogens (tertiary/aromatic N) is 1. The minimum Gasteiger partial charge on any atom is -0.384 e. The molecule has 2 saturated heterocycles. The van der Waals surface area contributed by atoms with Gasteiger partial charge in [-0.15, -0.1) is 12.4 Å². The summed E-state index contributed by atoms with van der Waals surface area (Å²) in [6, 6.07) is 0. The fourth-order valence-electron chi connectivity index (χ4n) is 3.25. The van der Waals surface area contributed by atoms with E-state index in [0.717, 1.165) is 51.9 Å². The minimum atomic E-state index is -0.324. The zero-order valence-corrected chi connectivity index (χ0v) is 13.3. The number of likely N-dealkylation sites (tertiary alicyclic amines) is 1. The van der Waals surface area contributed by atoms with Crippen molar-refractivity contribution in [3.05, 3.63) is 0 Å². The van der Waals surface area contributed by atoms with E-state index < -0.39 is 0 Å². The Morgan fingerprint density at radius 1 is 1.35 bits per heavy atom. The number of piperidine rings is 2. The molecule has 5 nitrogen and oxygen atoms in total. The van der Waals surface area contributed by atoms with Gasteiger partial charge in [0, 0.05) is 27.3 Å². The van der Waals surface area contributed by atoms with Gasteiger partial charge in [0.1, 0.15) is 0 Å². The molecule has 0 aromatic rings. The second-order valence-corrected chi connectivity index (χ2v) is 5.71. The third-order valence-electron chi connectivity index (χ3n) is 4.43. The van der Waals surface area contributed by atoms with Crippen LogP contribution in [-0.2, 0) is 14.3 Å². The zero-order chi connectivity index (χ0) is 13.7. The van der Waals surface area contributed by atoms with Gasteiger partial charge in [-0.25, -0.2) is 0 Å². The fourth-order valence-corrected chi connectivity index (χ4v) is 3.25. The third-order valence-corrected chi connectivity index (χ3v) is 4.43. The Hall–Kier alpha value is -0.360. The van der Waals surface area contributed by atoms with Crippen LogP contribution >= 0.6 is 12.4 Å². The van der Waals surface area contributed by atoms with Gasteiger partial charge in [0.2, 0.25) is 5.91 Å². The largest absolute Gasteiger partial charge is 0.384 e. The van der Waals surface area contributed by atoms with Gasteiger partial charge >= 0.3 is 0 Å². The highest BCUT2D eigenvalue weighted by molar-refractivity contribution is 5.85. The number of halogens is 1. The first kappa shape index (κ1) is 17.7. The van der Waals surface area contributed by atoms with E-state index >= 15 is 0 Å². The van der Waals surface area contributed by atoms with Gasteiger partial charge in [0.25, 0.3) is 0 Å². The second kappa shape index (κ2) is 8.17. The molecule has 0 spiro atoms. The van der Waals surface area contributed by atoms with Crippen LogP contribution in [0.1, 0.15) is 25.7 Å². The van der Waals surface area contributed by atoms with Gasteiger partial charge in [-0.05, 0) is 38.8 Å². The molecule has 0 aromatic heterocycles. The van der Waals surface area contributed by atoms with Crippen LogP contribution < -0.4 is 5.32 Å². The lowest BCUT2D eigenvalue weighted by Crippen LogP contribution is -2.54. The number of amides is 1. The van der Waals surface area contributed by atoms with Crippen LogP contribution in [0.15, 0.2) is 0 Å². The van der Waals surface area contributed by atoms with E-state index in [2.05, 4.69) is 5.32 Å². The summed E-state index contributed by atoms with van der Waals surface area (Å²) in [4.78, 5) is 14.9. The molecule has 2 aliphatic heterocycles. The van der Waals surface area contributed by atoms with Crippen molar-refractivity contribution in [3.63, 3.8) is 0 Å². The summed E-state index contributed by atoms with van der Waals surface area (Å²) in [5.41, 5.74) is -0.324. The van der Waals surface area contributed by atoms with Crippen molar-refractivity contribution in [2.45, 2.75) is 31.8 Å². The molecular formula is C14H27ClN2O3. The van der Waals surface area contributed by atoms with E-state index in [1.165, 1.54) is 0 Å². The predicted molar refractivity (Wildman–Crippen MR) is 80.3 cm³/mol. The first-order valence-corrected chi connectivity index (χ1v) is 7.24. The Morgan fingerprint density at radius 2 is 2.05 bits per heavy atom. The molecule has 0 aromatic carbocycles. The van der Waals surface area contributed by atoms with Gasteiger partial charge in [-0.2, -0.15) is 0 Å². The van der Waals surface area contributed by atoms with Crippen LogP contribution in [0.3, 0.4) is 0 Å². The maximum atomic E-state index is 12.9. The summed E-state index contributed by atoms with van der Waals surface area (Å²) < 4.78 is 10.8. The van der Waals surface area contributed by atoms with E-state index in [1.807, 2.05) is 4.90 Å². The molecule has 2 rings (SSSR count). The second-order valence-electron chi connectivity index (χ2n) is 5.71. The molecule has 1 amide bonds. The van der Waals surface area contributed by atoms with Crippen LogP contribution in [0.2, 0.25) is 0 Å². The molecule has 0 bridgehead atoms. The Morgan fingerprint density at radius 3 is 2.65 bits per heavy atom. The number of hydrogen-bond acceptors (Lipinski definition) is 4. The average Bonchev–Trinajstić information content (AvgIpc) is 2.48. The van der Waals surface area contributed by atoms with Crippen molar-refractivity contribution >= 4 is 18.3 Å². The SMILES string of the molecule is COCC1(C(=O)N2CCCC(OC)C2)CCNCC1.Cl. The number of nitrogens with one attached hydrogen (secondary N) is 1. The first-order valence-electron chi connectivity index (χ1n) is 7.24. The molecule has 118 valence electrons. The molecule has 0 aliphatic carbocycles. The molecule has 6 heteroatoms. The van der Waals surface area contributed by atoms with Crippen LogP contribution in [0.25, 0.3) is 0 Å². The summed E-state index contributed by atoms with van der Waals surface area (Å²) in [5.74, 6) is 0.262. The van der Waals surface area contributed by atoms with Crippen molar-refractivity contribution < 1.29 is 14.3 Å². The van der Waals surface area contributed by atoms with Crippen molar-refractivity contribution in [3.8, 4) is 0 Å². The maximum absolute atomic E-state index is 12.9. The normalized spacial score (nSPS) is 25.9. The molecule has 20 heavy (non-hydrogen) atoms. The molecule has 2 aliphatic rings. The van der Waals surface area contributed by atoms with Crippen LogP contribution in [0.4, 0.5) is 0 Å². The summed E-state index contributed by atoms with van der Waals surface area (Å²) in [6.45, 7) is 3.92. The van der Waals surface area contributed by atoms with Crippen LogP contribution in [0.5, 0.6) is 0 Å². The third kappa shape index (κ3) is 3.85. The Kier molecular flexibility index (Phi) is 7.23. The van der Waals surface area contributed by atoms with Crippen molar-refractivity contribution in [1.29, 1.82) is 0 Å². The van der Waals surface area contributed by atoms with Crippen molar-refractivity contribution in [2.24, 2.45) is 5.41 Å². The Balaban J connectivity index is 0.00000200. The minimum absolute atomic E-state index is 0. The molecule has 1 atom stereocenters. The van der Waals surface area contributed by atoms with Gasteiger partial charge in [-0.3, -0.25) is 4.79 Å². The zero-order valence-electron chi connectivity index (χ0n) is 12.5. The first-order chi connectivity index (χ1) is 9.22. The lowest BCUT2D eigenvalue weighted by atomic mass is 9.78. The quantitative estimate of drug-likeness (QED) is 0.844. The number of hydrogen-bond donors (Lipinski definition) is 1. The van der Waals surface area contributed by atoms with Gasteiger partial charge < -0.3 is 19.7 Å². The van der Waals surface area contributed by atoms with E-state index in [0.29, 0.717) is 6.61 Å². The molecule has 2 heterocycles. The van der Waals surface area contributed by atoms with Crippen molar-refractivity contribution in [1.82, 2.24) is 10.2 Å². The van der Waals surface area contributed by atoms with E-state index in [4.69, 9.17) is 9.47 Å². The maximum Gasteiger partial charge on any atom is 0.231 e. The molecule has 1 unspecified atom stereocenters. The summed E-state index contributed by atoms with van der Waals surface area (Å²) in [5, 5.41) is 3.32. The topological polar surface area (TPSA) is 50.8 Å². The summed E-state index contributed by atoms with van der Waals surface area (Å²) in [6.07, 6.45) is 4.02.